The van der Waals surface area contributed by atoms with Crippen LogP contribution in [0.15, 0.2) is 60.8 Å². The summed E-state index contributed by atoms with van der Waals surface area (Å²) in [7, 11) is 2.18. The predicted octanol–water partition coefficient (Wildman–Crippen LogP) is 4.82. The van der Waals surface area contributed by atoms with E-state index in [1.165, 1.54) is 22.4 Å². The van der Waals surface area contributed by atoms with Gasteiger partial charge in [0.25, 0.3) is 0 Å². The lowest BCUT2D eigenvalue weighted by atomic mass is 9.96. The second kappa shape index (κ2) is 10.2. The fourth-order valence-electron chi connectivity index (χ4n) is 4.29. The molecule has 0 unspecified atom stereocenters. The van der Waals surface area contributed by atoms with Crippen molar-refractivity contribution < 1.29 is 0 Å². The van der Waals surface area contributed by atoms with E-state index in [1.807, 2.05) is 0 Å². The minimum absolute atomic E-state index is 0.0669. The summed E-state index contributed by atoms with van der Waals surface area (Å²) in [6, 6.07) is 21.4. The van der Waals surface area contributed by atoms with Crippen LogP contribution in [-0.4, -0.2) is 54.6 Å². The van der Waals surface area contributed by atoms with Gasteiger partial charge in [-0.3, -0.25) is 0 Å². The van der Waals surface area contributed by atoms with E-state index in [1.54, 1.807) is 12.3 Å². The Morgan fingerprint density at radius 3 is 2.12 bits per heavy atom. The molecule has 1 aliphatic rings. The second-order valence-electron chi connectivity index (χ2n) is 10.3. The Morgan fingerprint density at radius 1 is 0.912 bits per heavy atom. The number of benzene rings is 2. The topological polar surface area (TPSA) is 59.3 Å². The van der Waals surface area contributed by atoms with Gasteiger partial charge in [0.1, 0.15) is 11.8 Å². The maximum atomic E-state index is 9.24. The zero-order valence-electron chi connectivity index (χ0n) is 20.7. The van der Waals surface area contributed by atoms with E-state index < -0.39 is 0 Å². The van der Waals surface area contributed by atoms with Crippen molar-refractivity contribution in [2.24, 2.45) is 5.41 Å². The minimum atomic E-state index is 0.0669. The number of likely N-dealkylation sites (N-methyl/N-ethyl adjacent to an activating group) is 1. The van der Waals surface area contributed by atoms with E-state index in [9.17, 15) is 5.26 Å². The van der Waals surface area contributed by atoms with Crippen LogP contribution in [0.5, 0.6) is 0 Å². The van der Waals surface area contributed by atoms with Gasteiger partial charge in [0.15, 0.2) is 0 Å². The Hall–Kier alpha value is -3.43. The lowest BCUT2D eigenvalue weighted by Gasteiger charge is -2.34. The van der Waals surface area contributed by atoms with E-state index in [-0.39, 0.29) is 5.41 Å². The second-order valence-corrected chi connectivity index (χ2v) is 10.3. The molecule has 0 aliphatic carbocycles. The van der Waals surface area contributed by atoms with Crippen LogP contribution in [0.3, 0.4) is 0 Å². The number of piperazine rings is 1. The molecule has 1 fully saturated rings. The zero-order valence-corrected chi connectivity index (χ0v) is 20.7. The molecule has 2 heterocycles. The third-order valence-electron chi connectivity index (χ3n) is 6.10. The van der Waals surface area contributed by atoms with Crippen LogP contribution in [-0.2, 0) is 6.54 Å². The first kappa shape index (κ1) is 23.7. The molecule has 0 spiro atoms. The summed E-state index contributed by atoms with van der Waals surface area (Å²) in [4.78, 5) is 15.9. The molecular formula is C28H34N6. The SMILES string of the molecule is CN1CCN(c2ccc(-c3ccc(CN(CC(C)(C)C)c4nccc(C#N)n4)cc3)cc2)CC1. The maximum Gasteiger partial charge on any atom is 0.226 e. The summed E-state index contributed by atoms with van der Waals surface area (Å²) in [5, 5.41) is 9.24. The quantitative estimate of drug-likeness (QED) is 0.532. The van der Waals surface area contributed by atoms with E-state index in [0.29, 0.717) is 18.2 Å². The molecule has 0 N–H and O–H groups in total. The summed E-state index contributed by atoms with van der Waals surface area (Å²) in [6.45, 7) is 12.5. The highest BCUT2D eigenvalue weighted by Crippen LogP contribution is 2.26. The molecule has 6 heteroatoms. The number of aromatic nitrogens is 2. The molecule has 1 saturated heterocycles. The molecule has 6 nitrogen and oxygen atoms in total. The smallest absolute Gasteiger partial charge is 0.226 e. The Morgan fingerprint density at radius 2 is 1.53 bits per heavy atom. The van der Waals surface area contributed by atoms with Crippen molar-refractivity contribution in [3.8, 4) is 17.2 Å². The Kier molecular flexibility index (Phi) is 7.14. The van der Waals surface area contributed by atoms with Crippen molar-refractivity contribution in [3.63, 3.8) is 0 Å². The first-order valence-corrected chi connectivity index (χ1v) is 11.9. The van der Waals surface area contributed by atoms with Crippen LogP contribution in [0.25, 0.3) is 11.1 Å². The van der Waals surface area contributed by atoms with Gasteiger partial charge in [-0.15, -0.1) is 0 Å². The van der Waals surface area contributed by atoms with E-state index in [0.717, 1.165) is 32.7 Å². The molecule has 0 bridgehead atoms. The monoisotopic (exact) mass is 454 g/mol. The van der Waals surface area contributed by atoms with Gasteiger partial charge in [0, 0.05) is 51.2 Å². The Bertz CT molecular complexity index is 1120. The Balaban J connectivity index is 1.47. The fraction of sp³-hybridized carbons (Fsp3) is 0.393. The molecule has 3 aromatic rings. The van der Waals surface area contributed by atoms with Crippen molar-refractivity contribution in [2.45, 2.75) is 27.3 Å². The average molecular weight is 455 g/mol. The molecule has 0 atom stereocenters. The van der Waals surface area contributed by atoms with Crippen molar-refractivity contribution in [2.75, 3.05) is 49.6 Å². The molecular weight excluding hydrogens is 420 g/mol. The van der Waals surface area contributed by atoms with Crippen molar-refractivity contribution in [1.29, 1.82) is 5.26 Å². The van der Waals surface area contributed by atoms with Gasteiger partial charge in [-0.05, 0) is 47.4 Å². The average Bonchev–Trinajstić information content (AvgIpc) is 2.84. The molecule has 1 aliphatic heterocycles. The van der Waals surface area contributed by atoms with Crippen LogP contribution >= 0.6 is 0 Å². The van der Waals surface area contributed by atoms with Crippen LogP contribution in [0.2, 0.25) is 0 Å². The highest BCUT2D eigenvalue weighted by atomic mass is 15.3. The van der Waals surface area contributed by atoms with E-state index >= 15 is 0 Å². The first-order valence-electron chi connectivity index (χ1n) is 11.9. The largest absolute Gasteiger partial charge is 0.369 e. The maximum absolute atomic E-state index is 9.24. The van der Waals surface area contributed by atoms with Crippen molar-refractivity contribution in [3.05, 3.63) is 72.1 Å². The summed E-state index contributed by atoms with van der Waals surface area (Å²) in [6.07, 6.45) is 1.66. The zero-order chi connectivity index (χ0) is 24.1. The van der Waals surface area contributed by atoms with Gasteiger partial charge in [-0.25, -0.2) is 9.97 Å². The van der Waals surface area contributed by atoms with Gasteiger partial charge in [0.05, 0.1) is 0 Å². The fourth-order valence-corrected chi connectivity index (χ4v) is 4.29. The minimum Gasteiger partial charge on any atom is -0.369 e. The van der Waals surface area contributed by atoms with Crippen molar-refractivity contribution in [1.82, 2.24) is 14.9 Å². The standard InChI is InChI=1S/C28H34N6/c1-28(2,3)21-34(27-30-14-13-25(19-29)31-27)20-22-5-7-23(8-6-22)24-9-11-26(12-10-24)33-17-15-32(4)16-18-33/h5-14H,15-18,20-21H2,1-4H3. The molecule has 0 amide bonds. The van der Waals surface area contributed by atoms with Gasteiger partial charge < -0.3 is 14.7 Å². The molecule has 2 aromatic carbocycles. The Labute approximate surface area is 203 Å². The summed E-state index contributed by atoms with van der Waals surface area (Å²) >= 11 is 0. The summed E-state index contributed by atoms with van der Waals surface area (Å²) in [5.41, 5.74) is 5.37. The normalized spacial score (nSPS) is 14.6. The number of anilines is 2. The first-order chi connectivity index (χ1) is 16.3. The molecule has 176 valence electrons. The number of nitrogens with zero attached hydrogens (tertiary/aromatic N) is 6. The van der Waals surface area contributed by atoms with E-state index in [2.05, 4.69) is 107 Å². The number of nitriles is 1. The third-order valence-corrected chi connectivity index (χ3v) is 6.10. The lowest BCUT2D eigenvalue weighted by molar-refractivity contribution is 0.313. The third kappa shape index (κ3) is 6.12. The summed E-state index contributed by atoms with van der Waals surface area (Å²) in [5.74, 6) is 0.595. The number of hydrogen-bond acceptors (Lipinski definition) is 6. The highest BCUT2D eigenvalue weighted by Gasteiger charge is 2.20. The number of rotatable bonds is 6. The molecule has 0 saturated carbocycles. The number of hydrogen-bond donors (Lipinski definition) is 0. The molecule has 0 radical (unpaired) electrons. The van der Waals surface area contributed by atoms with Crippen LogP contribution in [0, 0.1) is 16.7 Å². The van der Waals surface area contributed by atoms with Gasteiger partial charge in [0.2, 0.25) is 5.95 Å². The lowest BCUT2D eigenvalue weighted by Crippen LogP contribution is -2.44. The summed E-state index contributed by atoms with van der Waals surface area (Å²) < 4.78 is 0. The van der Waals surface area contributed by atoms with Crippen LogP contribution < -0.4 is 9.80 Å². The molecule has 4 rings (SSSR count). The van der Waals surface area contributed by atoms with E-state index in [4.69, 9.17) is 0 Å². The molecule has 1 aromatic heterocycles. The predicted molar refractivity (Wildman–Crippen MR) is 139 cm³/mol. The highest BCUT2D eigenvalue weighted by molar-refractivity contribution is 5.66. The van der Waals surface area contributed by atoms with Crippen molar-refractivity contribution >= 4 is 11.6 Å². The van der Waals surface area contributed by atoms with Gasteiger partial charge >= 0.3 is 0 Å². The van der Waals surface area contributed by atoms with Crippen LogP contribution in [0.4, 0.5) is 11.6 Å². The van der Waals surface area contributed by atoms with Gasteiger partial charge in [-0.2, -0.15) is 5.26 Å². The molecule has 34 heavy (non-hydrogen) atoms. The van der Waals surface area contributed by atoms with Crippen LogP contribution in [0.1, 0.15) is 32.0 Å². The van der Waals surface area contributed by atoms with Gasteiger partial charge in [-0.1, -0.05) is 57.2 Å².